The minimum Gasteiger partial charge on any atom is -0.442 e. The maximum atomic E-state index is 14.9. The Labute approximate surface area is 174 Å². The van der Waals surface area contributed by atoms with Crippen LogP contribution in [0.5, 0.6) is 0 Å². The molecule has 1 aromatic rings. The first-order chi connectivity index (χ1) is 14.3. The molecule has 2 saturated heterocycles. The molecule has 10 heteroatoms. The number of rotatable bonds is 7. The molecule has 0 radical (unpaired) electrons. The normalized spacial score (nSPS) is 23.5. The molecular formula is C20H27FN4O5. The van der Waals surface area contributed by atoms with Gasteiger partial charge in [-0.15, -0.1) is 0 Å². The van der Waals surface area contributed by atoms with E-state index in [4.69, 9.17) is 9.84 Å². The van der Waals surface area contributed by atoms with Crippen LogP contribution in [0, 0.1) is 17.7 Å². The van der Waals surface area contributed by atoms with Gasteiger partial charge in [0.1, 0.15) is 18.5 Å². The molecule has 0 aromatic heterocycles. The van der Waals surface area contributed by atoms with Gasteiger partial charge in [-0.05, 0) is 30.0 Å². The fourth-order valence-corrected chi connectivity index (χ4v) is 3.81. The second kappa shape index (κ2) is 9.29. The highest BCUT2D eigenvalue weighted by Gasteiger charge is 2.34. The summed E-state index contributed by atoms with van der Waals surface area (Å²) in [5.41, 5.74) is 0.828. The first kappa shape index (κ1) is 21.8. The van der Waals surface area contributed by atoms with Crippen LogP contribution >= 0.6 is 0 Å². The molecule has 2 fully saturated rings. The largest absolute Gasteiger partial charge is 0.442 e. The van der Waals surface area contributed by atoms with Crippen LogP contribution in [0.25, 0.3) is 0 Å². The van der Waals surface area contributed by atoms with Crippen molar-refractivity contribution in [2.24, 2.45) is 11.8 Å². The number of aliphatic hydroxyl groups excluding tert-OH is 1. The van der Waals surface area contributed by atoms with Crippen LogP contribution in [-0.2, 0) is 14.3 Å². The Morgan fingerprint density at radius 3 is 2.67 bits per heavy atom. The van der Waals surface area contributed by atoms with E-state index in [1.165, 1.54) is 17.9 Å². The van der Waals surface area contributed by atoms with Crippen LogP contribution in [0.1, 0.15) is 13.8 Å². The second-order valence-electron chi connectivity index (χ2n) is 7.79. The van der Waals surface area contributed by atoms with Crippen LogP contribution in [0.4, 0.5) is 20.6 Å². The van der Waals surface area contributed by atoms with Gasteiger partial charge in [-0.2, -0.15) is 0 Å². The minimum atomic E-state index is -0.577. The van der Waals surface area contributed by atoms with Gasteiger partial charge in [-0.3, -0.25) is 14.5 Å². The number of cyclic esters (lactones) is 1. The highest BCUT2D eigenvalue weighted by Crippen LogP contribution is 2.32. The number of carbonyl (C=O) groups excluding carboxylic acids is 3. The lowest BCUT2D eigenvalue weighted by atomic mass is 9.98. The van der Waals surface area contributed by atoms with Gasteiger partial charge in [0.15, 0.2) is 0 Å². The van der Waals surface area contributed by atoms with E-state index < -0.39 is 30.5 Å². The maximum Gasteiger partial charge on any atom is 0.414 e. The molecule has 1 aromatic carbocycles. The van der Waals surface area contributed by atoms with Crippen LogP contribution in [0.15, 0.2) is 18.2 Å². The molecule has 3 N–H and O–H groups in total. The van der Waals surface area contributed by atoms with Crippen molar-refractivity contribution in [1.82, 2.24) is 10.6 Å². The number of amides is 3. The number of nitrogens with zero attached hydrogens (tertiary/aromatic N) is 2. The number of nitrogens with one attached hydrogen (secondary N) is 2. The van der Waals surface area contributed by atoms with Crippen LogP contribution < -0.4 is 20.4 Å². The number of anilines is 2. The third-order valence-corrected chi connectivity index (χ3v) is 5.51. The molecule has 2 aliphatic heterocycles. The van der Waals surface area contributed by atoms with Gasteiger partial charge >= 0.3 is 6.09 Å². The van der Waals surface area contributed by atoms with Crippen molar-refractivity contribution in [1.29, 1.82) is 0 Å². The van der Waals surface area contributed by atoms with E-state index in [0.29, 0.717) is 31.0 Å². The zero-order chi connectivity index (χ0) is 21.8. The standard InChI is InChI=1S/C20H27FN4O5/c1-12-8-24(9-14(12)6-23-19(28)11-26)18-4-3-15(5-17(18)21)25-10-16(30-20(25)29)7-22-13(2)27/h3-5,12,14,16,26H,6-11H2,1-2H3,(H,22,27)(H,23,28)/t12-,14-,16-/m0/s1. The number of aliphatic hydroxyl groups is 1. The van der Waals surface area contributed by atoms with Crippen molar-refractivity contribution in [3.63, 3.8) is 0 Å². The summed E-state index contributed by atoms with van der Waals surface area (Å²) in [4.78, 5) is 37.7. The van der Waals surface area contributed by atoms with Crippen molar-refractivity contribution in [2.45, 2.75) is 20.0 Å². The van der Waals surface area contributed by atoms with Gasteiger partial charge in [-0.1, -0.05) is 6.92 Å². The minimum absolute atomic E-state index is 0.141. The lowest BCUT2D eigenvalue weighted by Gasteiger charge is -2.21. The molecule has 3 atom stereocenters. The average molecular weight is 422 g/mol. The van der Waals surface area contributed by atoms with Crippen LogP contribution in [0.3, 0.4) is 0 Å². The summed E-state index contributed by atoms with van der Waals surface area (Å²) in [6.45, 7) is 4.94. The van der Waals surface area contributed by atoms with Crippen molar-refractivity contribution in [3.8, 4) is 0 Å². The van der Waals surface area contributed by atoms with E-state index in [2.05, 4.69) is 10.6 Å². The third-order valence-electron chi connectivity index (χ3n) is 5.51. The summed E-state index contributed by atoms with van der Waals surface area (Å²) in [7, 11) is 0. The van der Waals surface area contributed by atoms with Crippen molar-refractivity contribution >= 4 is 29.3 Å². The number of benzene rings is 1. The topological polar surface area (TPSA) is 111 Å². The average Bonchev–Trinajstić information content (AvgIpc) is 3.26. The maximum absolute atomic E-state index is 14.9. The van der Waals surface area contributed by atoms with E-state index in [1.807, 2.05) is 11.8 Å². The lowest BCUT2D eigenvalue weighted by molar-refractivity contribution is -0.124. The first-order valence-electron chi connectivity index (χ1n) is 9.93. The Bertz CT molecular complexity index is 820. The summed E-state index contributed by atoms with van der Waals surface area (Å²) in [6.07, 6.45) is -1.06. The Hall–Kier alpha value is -2.88. The molecule has 0 saturated carbocycles. The highest BCUT2D eigenvalue weighted by molar-refractivity contribution is 5.90. The van der Waals surface area contributed by atoms with Gasteiger partial charge in [0.05, 0.1) is 24.5 Å². The molecule has 2 aliphatic rings. The lowest BCUT2D eigenvalue weighted by Crippen LogP contribution is -2.34. The summed E-state index contributed by atoms with van der Waals surface area (Å²) in [6, 6.07) is 4.62. The molecule has 0 unspecified atom stereocenters. The van der Waals surface area contributed by atoms with Crippen molar-refractivity contribution in [3.05, 3.63) is 24.0 Å². The molecule has 30 heavy (non-hydrogen) atoms. The fraction of sp³-hybridized carbons (Fsp3) is 0.550. The predicted molar refractivity (Wildman–Crippen MR) is 108 cm³/mol. The highest BCUT2D eigenvalue weighted by atomic mass is 19.1. The van der Waals surface area contributed by atoms with Gasteiger partial charge in [0, 0.05) is 26.6 Å². The number of hydrogen-bond donors (Lipinski definition) is 3. The molecule has 2 heterocycles. The Morgan fingerprint density at radius 2 is 2.00 bits per heavy atom. The van der Waals surface area contributed by atoms with Crippen molar-refractivity contribution in [2.75, 3.05) is 49.1 Å². The monoisotopic (exact) mass is 422 g/mol. The summed E-state index contributed by atoms with van der Waals surface area (Å²) in [5, 5.41) is 14.1. The summed E-state index contributed by atoms with van der Waals surface area (Å²) in [5.74, 6) is -0.703. The quantitative estimate of drug-likeness (QED) is 0.589. The van der Waals surface area contributed by atoms with Gasteiger partial charge in [0.2, 0.25) is 11.8 Å². The Morgan fingerprint density at radius 1 is 1.23 bits per heavy atom. The van der Waals surface area contributed by atoms with Gasteiger partial charge in [-0.25, -0.2) is 9.18 Å². The molecule has 3 amide bonds. The van der Waals surface area contributed by atoms with Gasteiger partial charge in [0.25, 0.3) is 0 Å². The van der Waals surface area contributed by atoms with E-state index in [0.717, 1.165) is 0 Å². The number of halogens is 1. The van der Waals surface area contributed by atoms with E-state index in [-0.39, 0.29) is 30.8 Å². The molecule has 9 nitrogen and oxygen atoms in total. The van der Waals surface area contributed by atoms with Crippen LogP contribution in [0.2, 0.25) is 0 Å². The predicted octanol–water partition coefficient (Wildman–Crippen LogP) is 0.468. The molecule has 0 spiro atoms. The Kier molecular flexibility index (Phi) is 6.76. The van der Waals surface area contributed by atoms with E-state index in [1.54, 1.807) is 12.1 Å². The molecule has 3 rings (SSSR count). The number of carbonyl (C=O) groups is 3. The van der Waals surface area contributed by atoms with E-state index >= 15 is 0 Å². The van der Waals surface area contributed by atoms with E-state index in [9.17, 15) is 18.8 Å². The molecule has 164 valence electrons. The molecular weight excluding hydrogens is 395 g/mol. The number of hydrogen-bond acceptors (Lipinski definition) is 6. The molecule has 0 aliphatic carbocycles. The third kappa shape index (κ3) is 4.99. The van der Waals surface area contributed by atoms with Crippen molar-refractivity contribution < 1.29 is 28.6 Å². The zero-order valence-electron chi connectivity index (χ0n) is 17.1. The summed E-state index contributed by atoms with van der Waals surface area (Å²) < 4.78 is 20.1. The first-order valence-corrected chi connectivity index (χ1v) is 9.93. The molecule has 0 bridgehead atoms. The second-order valence-corrected chi connectivity index (χ2v) is 7.79. The summed E-state index contributed by atoms with van der Waals surface area (Å²) >= 11 is 0. The number of ether oxygens (including phenoxy) is 1. The van der Waals surface area contributed by atoms with Gasteiger partial charge < -0.3 is 25.4 Å². The smallest absolute Gasteiger partial charge is 0.414 e. The van der Waals surface area contributed by atoms with Crippen LogP contribution in [-0.4, -0.2) is 68.4 Å². The Balaban J connectivity index is 1.64. The fourth-order valence-electron chi connectivity index (χ4n) is 3.81. The zero-order valence-corrected chi connectivity index (χ0v) is 17.1. The SMILES string of the molecule is CC(=O)NC[C@H]1CN(c2ccc(N3C[C@H](CNC(=O)CO)[C@@H](C)C3)c(F)c2)C(=O)O1.